The van der Waals surface area contributed by atoms with E-state index < -0.39 is 24.4 Å². The SMILES string of the molecule is Cc1c(C#N)c(NC(=O)COC(=O)C2CCCN(C(=O)c3cccs3)C2)n(-c2ccccc2)c1C. The minimum atomic E-state index is -0.535. The number of amides is 2. The molecule has 1 aliphatic heterocycles. The quantitative estimate of drug-likeness (QED) is 0.525. The van der Waals surface area contributed by atoms with Crippen LogP contribution in [0.1, 0.15) is 39.3 Å². The summed E-state index contributed by atoms with van der Waals surface area (Å²) in [4.78, 5) is 40.3. The van der Waals surface area contributed by atoms with Gasteiger partial charge in [-0.25, -0.2) is 0 Å². The van der Waals surface area contributed by atoms with E-state index in [9.17, 15) is 19.6 Å². The first-order chi connectivity index (χ1) is 16.9. The highest BCUT2D eigenvalue weighted by Gasteiger charge is 2.31. The Kier molecular flexibility index (Phi) is 7.32. The summed E-state index contributed by atoms with van der Waals surface area (Å²) in [6.07, 6.45) is 1.29. The topological polar surface area (TPSA) is 104 Å². The number of esters is 1. The second-order valence-corrected chi connectivity index (χ2v) is 9.39. The Balaban J connectivity index is 1.41. The van der Waals surface area contributed by atoms with Gasteiger partial charge in [0.1, 0.15) is 11.9 Å². The number of anilines is 1. The van der Waals surface area contributed by atoms with Gasteiger partial charge in [0.25, 0.3) is 11.8 Å². The standard InChI is InChI=1S/C26H26N4O4S/c1-17-18(2)30(20-9-4-3-5-10-20)24(21(17)14-27)28-23(31)16-34-26(33)19-8-6-12-29(15-19)25(32)22-11-7-13-35-22/h3-5,7,9-11,13,19H,6,8,12,15-16H2,1-2H3,(H,28,31). The van der Waals surface area contributed by atoms with Gasteiger partial charge in [-0.1, -0.05) is 24.3 Å². The third-order valence-corrected chi connectivity index (χ3v) is 7.07. The van der Waals surface area contributed by atoms with E-state index in [1.54, 1.807) is 11.0 Å². The van der Waals surface area contributed by atoms with Gasteiger partial charge in [0.05, 0.1) is 16.4 Å². The van der Waals surface area contributed by atoms with Gasteiger partial charge in [-0.05, 0) is 55.8 Å². The van der Waals surface area contributed by atoms with Crippen LogP contribution in [-0.2, 0) is 14.3 Å². The second kappa shape index (κ2) is 10.6. The molecule has 9 heteroatoms. The molecular formula is C26H26N4O4S. The average Bonchev–Trinajstić information content (AvgIpc) is 3.50. The molecule has 3 heterocycles. The summed E-state index contributed by atoms with van der Waals surface area (Å²) in [6, 6.07) is 15.2. The Bertz CT molecular complexity index is 1270. The fourth-order valence-electron chi connectivity index (χ4n) is 4.29. The molecular weight excluding hydrogens is 464 g/mol. The zero-order valence-corrected chi connectivity index (χ0v) is 20.4. The van der Waals surface area contributed by atoms with E-state index in [2.05, 4.69) is 11.4 Å². The first-order valence-corrected chi connectivity index (χ1v) is 12.2. The number of para-hydroxylation sites is 1. The van der Waals surface area contributed by atoms with Crippen molar-refractivity contribution in [3.63, 3.8) is 0 Å². The molecule has 4 rings (SSSR count). The van der Waals surface area contributed by atoms with Crippen molar-refractivity contribution in [1.82, 2.24) is 9.47 Å². The van der Waals surface area contributed by atoms with Crippen LogP contribution in [0, 0.1) is 31.1 Å². The molecule has 2 aromatic heterocycles. The zero-order chi connectivity index (χ0) is 24.9. The van der Waals surface area contributed by atoms with Crippen molar-refractivity contribution in [1.29, 1.82) is 5.26 Å². The second-order valence-electron chi connectivity index (χ2n) is 8.44. The van der Waals surface area contributed by atoms with Crippen LogP contribution in [0.25, 0.3) is 5.69 Å². The van der Waals surface area contributed by atoms with Gasteiger partial charge in [0, 0.05) is 24.5 Å². The molecule has 180 valence electrons. The monoisotopic (exact) mass is 490 g/mol. The summed E-state index contributed by atoms with van der Waals surface area (Å²) in [7, 11) is 0. The molecule has 0 saturated carbocycles. The lowest BCUT2D eigenvalue weighted by Gasteiger charge is -2.31. The van der Waals surface area contributed by atoms with Gasteiger partial charge in [-0.15, -0.1) is 11.3 Å². The van der Waals surface area contributed by atoms with Crippen molar-refractivity contribution in [2.45, 2.75) is 26.7 Å². The van der Waals surface area contributed by atoms with E-state index in [1.165, 1.54) is 11.3 Å². The third kappa shape index (κ3) is 5.12. The molecule has 1 saturated heterocycles. The maximum Gasteiger partial charge on any atom is 0.311 e. The summed E-state index contributed by atoms with van der Waals surface area (Å²) in [6.45, 7) is 4.09. The van der Waals surface area contributed by atoms with Crippen molar-refractivity contribution in [2.75, 3.05) is 25.0 Å². The van der Waals surface area contributed by atoms with Gasteiger partial charge in [0.2, 0.25) is 0 Å². The number of piperidine rings is 1. The Morgan fingerprint density at radius 3 is 2.63 bits per heavy atom. The van der Waals surface area contributed by atoms with Gasteiger partial charge in [-0.3, -0.25) is 19.0 Å². The molecule has 1 unspecified atom stereocenters. The number of rotatable bonds is 6. The van der Waals surface area contributed by atoms with Crippen LogP contribution in [-0.4, -0.2) is 46.9 Å². The number of hydrogen-bond acceptors (Lipinski definition) is 6. The van der Waals surface area contributed by atoms with Gasteiger partial charge >= 0.3 is 5.97 Å². The fraction of sp³-hybridized carbons (Fsp3) is 0.308. The number of likely N-dealkylation sites (tertiary alicyclic amines) is 1. The van der Waals surface area contributed by atoms with Crippen LogP contribution >= 0.6 is 11.3 Å². The number of benzene rings is 1. The number of nitrogens with one attached hydrogen (secondary N) is 1. The number of carbonyl (C=O) groups excluding carboxylic acids is 3. The van der Waals surface area contributed by atoms with Crippen LogP contribution in [0.3, 0.4) is 0 Å². The highest BCUT2D eigenvalue weighted by molar-refractivity contribution is 7.12. The summed E-state index contributed by atoms with van der Waals surface area (Å²) < 4.78 is 7.12. The van der Waals surface area contributed by atoms with Crippen LogP contribution in [0.15, 0.2) is 47.8 Å². The molecule has 35 heavy (non-hydrogen) atoms. The van der Waals surface area contributed by atoms with Crippen LogP contribution in [0.5, 0.6) is 0 Å². The van der Waals surface area contributed by atoms with Crippen LogP contribution in [0.4, 0.5) is 5.82 Å². The number of aromatic nitrogens is 1. The van der Waals surface area contributed by atoms with E-state index in [4.69, 9.17) is 4.74 Å². The number of nitriles is 1. The Labute approximate surface area is 207 Å². The van der Waals surface area contributed by atoms with Crippen molar-refractivity contribution < 1.29 is 19.1 Å². The molecule has 1 atom stereocenters. The molecule has 8 nitrogen and oxygen atoms in total. The summed E-state index contributed by atoms with van der Waals surface area (Å²) in [5.74, 6) is -1.26. The van der Waals surface area contributed by atoms with E-state index in [-0.39, 0.29) is 12.5 Å². The molecule has 1 fully saturated rings. The van der Waals surface area contributed by atoms with Crippen molar-refractivity contribution in [3.8, 4) is 11.8 Å². The van der Waals surface area contributed by atoms with Crippen molar-refractivity contribution >= 4 is 34.9 Å². The number of ether oxygens (including phenoxy) is 1. The normalized spacial score (nSPS) is 15.3. The van der Waals surface area contributed by atoms with Crippen molar-refractivity contribution in [3.05, 3.63) is 69.5 Å². The lowest BCUT2D eigenvalue weighted by Crippen LogP contribution is -2.43. The van der Waals surface area contributed by atoms with Crippen LogP contribution in [0.2, 0.25) is 0 Å². The lowest BCUT2D eigenvalue weighted by molar-refractivity contribution is -0.152. The van der Waals surface area contributed by atoms with E-state index in [1.807, 2.05) is 60.2 Å². The minimum Gasteiger partial charge on any atom is -0.455 e. The molecule has 0 spiro atoms. The van der Waals surface area contributed by atoms with E-state index >= 15 is 0 Å². The highest BCUT2D eigenvalue weighted by atomic mass is 32.1. The van der Waals surface area contributed by atoms with E-state index in [0.717, 1.165) is 16.9 Å². The molecule has 1 aromatic carbocycles. The third-order valence-electron chi connectivity index (χ3n) is 6.22. The maximum atomic E-state index is 12.7. The Morgan fingerprint density at radius 1 is 1.17 bits per heavy atom. The minimum absolute atomic E-state index is 0.0910. The summed E-state index contributed by atoms with van der Waals surface area (Å²) in [5.41, 5.74) is 2.76. The highest BCUT2D eigenvalue weighted by Crippen LogP contribution is 2.30. The molecule has 3 aromatic rings. The average molecular weight is 491 g/mol. The summed E-state index contributed by atoms with van der Waals surface area (Å²) in [5, 5.41) is 14.3. The van der Waals surface area contributed by atoms with Gasteiger partial charge in [0.15, 0.2) is 6.61 Å². The number of nitrogens with zero attached hydrogens (tertiary/aromatic N) is 3. The molecule has 2 amide bonds. The molecule has 1 aliphatic rings. The Hall–Kier alpha value is -3.90. The van der Waals surface area contributed by atoms with Crippen LogP contribution < -0.4 is 5.32 Å². The summed E-state index contributed by atoms with van der Waals surface area (Å²) >= 11 is 1.37. The van der Waals surface area contributed by atoms with Gasteiger partial charge < -0.3 is 15.0 Å². The first-order valence-electron chi connectivity index (χ1n) is 11.4. The predicted octanol–water partition coefficient (Wildman–Crippen LogP) is 4.06. The number of carbonyl (C=O) groups is 3. The fourth-order valence-corrected chi connectivity index (χ4v) is 4.98. The number of hydrogen-bond donors (Lipinski definition) is 1. The smallest absolute Gasteiger partial charge is 0.311 e. The molecule has 0 aliphatic carbocycles. The number of thiophene rings is 1. The van der Waals surface area contributed by atoms with E-state index in [0.29, 0.717) is 35.6 Å². The zero-order valence-electron chi connectivity index (χ0n) is 19.6. The predicted molar refractivity (Wildman–Crippen MR) is 132 cm³/mol. The molecule has 1 N–H and O–H groups in total. The molecule has 0 bridgehead atoms. The van der Waals surface area contributed by atoms with Gasteiger partial charge in [-0.2, -0.15) is 5.26 Å². The lowest BCUT2D eigenvalue weighted by atomic mass is 9.98. The largest absolute Gasteiger partial charge is 0.455 e. The Morgan fingerprint density at radius 2 is 1.94 bits per heavy atom. The van der Waals surface area contributed by atoms with Crippen molar-refractivity contribution in [2.24, 2.45) is 5.92 Å². The first kappa shape index (κ1) is 24.2. The molecule has 0 radical (unpaired) electrons. The maximum absolute atomic E-state index is 12.7.